The van der Waals surface area contributed by atoms with Crippen LogP contribution in [0.3, 0.4) is 0 Å². The van der Waals surface area contributed by atoms with Gasteiger partial charge in [0.25, 0.3) is 0 Å². The fraction of sp³-hybridized carbons (Fsp3) is 0.429. The summed E-state index contributed by atoms with van der Waals surface area (Å²) < 4.78 is 23.8. The Morgan fingerprint density at radius 2 is 1.86 bits per heavy atom. The van der Waals surface area contributed by atoms with E-state index >= 15 is 4.39 Å². The molecule has 3 fully saturated rings. The molecule has 0 saturated heterocycles. The highest BCUT2D eigenvalue weighted by Gasteiger charge is 2.74. The monoisotopic (exact) mass is 615 g/mol. The number of hydrogen-bond donors (Lipinski definition) is 2. The third-order valence-electron chi connectivity index (χ3n) is 11.1. The Hall–Kier alpha value is -3.74. The number of carbonyl (C=O) groups is 3. The number of aliphatic hydroxyl groups is 1. The van der Waals surface area contributed by atoms with E-state index < -0.39 is 39.9 Å². The zero-order valence-corrected chi connectivity index (χ0v) is 25.4. The van der Waals surface area contributed by atoms with Gasteiger partial charge in [0.1, 0.15) is 11.5 Å². The Morgan fingerprint density at radius 1 is 1.11 bits per heavy atom. The van der Waals surface area contributed by atoms with Gasteiger partial charge in [-0.3, -0.25) is 9.59 Å². The van der Waals surface area contributed by atoms with Crippen molar-refractivity contribution < 1.29 is 33.7 Å². The van der Waals surface area contributed by atoms with Crippen molar-refractivity contribution in [1.82, 2.24) is 0 Å². The number of carboxylic acids is 1. The number of alkyl halides is 1. The second-order valence-corrected chi connectivity index (χ2v) is 13.8. The molecule has 0 radical (unpaired) electrons. The predicted molar refractivity (Wildman–Crippen MR) is 163 cm³/mol. The summed E-state index contributed by atoms with van der Waals surface area (Å²) in [4.78, 5) is 39.4. The summed E-state index contributed by atoms with van der Waals surface area (Å²) in [5.41, 5.74) is -4.93. The highest BCUT2D eigenvalue weighted by Crippen LogP contribution is 2.72. The molecule has 9 heteroatoms. The first-order valence-electron chi connectivity index (χ1n) is 14.9. The van der Waals surface area contributed by atoms with Gasteiger partial charge in [0.05, 0.1) is 28.9 Å². The molecule has 0 spiro atoms. The van der Waals surface area contributed by atoms with Gasteiger partial charge < -0.3 is 14.9 Å². The summed E-state index contributed by atoms with van der Waals surface area (Å²) in [6.45, 7) is 3.62. The van der Waals surface area contributed by atoms with E-state index in [1.807, 2.05) is 31.2 Å². The van der Waals surface area contributed by atoms with E-state index in [1.165, 1.54) is 18.2 Å². The summed E-state index contributed by atoms with van der Waals surface area (Å²) in [5.74, 6) is -1.71. The van der Waals surface area contributed by atoms with E-state index in [2.05, 4.69) is 0 Å². The Bertz CT molecular complexity index is 1650. The minimum absolute atomic E-state index is 0.0701. The second-order valence-electron chi connectivity index (χ2n) is 12.9. The molecule has 0 aliphatic heterocycles. The summed E-state index contributed by atoms with van der Waals surface area (Å²) in [5, 5.41) is 31.3. The molecule has 3 saturated carbocycles. The van der Waals surface area contributed by atoms with Crippen LogP contribution in [0.1, 0.15) is 61.9 Å². The van der Waals surface area contributed by atoms with Crippen molar-refractivity contribution in [3.63, 3.8) is 0 Å². The number of para-hydroxylation sites is 1. The van der Waals surface area contributed by atoms with E-state index in [0.29, 0.717) is 36.3 Å². The van der Waals surface area contributed by atoms with Crippen LogP contribution in [-0.4, -0.2) is 44.6 Å². The van der Waals surface area contributed by atoms with Crippen LogP contribution in [0.4, 0.5) is 4.39 Å². The molecule has 0 heterocycles. The fourth-order valence-electron chi connectivity index (χ4n) is 9.10. The minimum Gasteiger partial charge on any atom is -0.478 e. The van der Waals surface area contributed by atoms with E-state index in [9.17, 15) is 29.9 Å². The van der Waals surface area contributed by atoms with Crippen LogP contribution in [0.15, 0.2) is 72.3 Å². The minimum atomic E-state index is -2.09. The number of ketones is 1. The zero-order valence-electron chi connectivity index (χ0n) is 24.6. The van der Waals surface area contributed by atoms with E-state index in [0.717, 1.165) is 11.8 Å². The maximum absolute atomic E-state index is 17.7. The number of carboxylic acid groups (broad SMARTS) is 1. The Morgan fingerprint density at radius 3 is 2.57 bits per heavy atom. The lowest BCUT2D eigenvalue weighted by atomic mass is 9.43. The van der Waals surface area contributed by atoms with Crippen molar-refractivity contribution in [1.29, 1.82) is 5.26 Å². The van der Waals surface area contributed by atoms with Gasteiger partial charge in [0.2, 0.25) is 5.12 Å². The van der Waals surface area contributed by atoms with Gasteiger partial charge in [-0.15, -0.1) is 0 Å². The van der Waals surface area contributed by atoms with Crippen molar-refractivity contribution in [3.05, 3.63) is 83.5 Å². The van der Waals surface area contributed by atoms with Crippen molar-refractivity contribution >= 4 is 28.6 Å². The van der Waals surface area contributed by atoms with Crippen LogP contribution >= 0.6 is 11.8 Å². The number of allylic oxidation sites excluding steroid dienone is 4. The fourth-order valence-corrected chi connectivity index (χ4v) is 9.99. The average molecular weight is 616 g/mol. The summed E-state index contributed by atoms with van der Waals surface area (Å²) in [6.07, 6.45) is 4.36. The smallest absolute Gasteiger partial charge is 0.336 e. The molecule has 0 amide bonds. The lowest BCUT2D eigenvalue weighted by molar-refractivity contribution is -0.197. The second kappa shape index (κ2) is 10.7. The van der Waals surface area contributed by atoms with E-state index in [-0.39, 0.29) is 46.5 Å². The Balaban J connectivity index is 1.52. The quantitative estimate of drug-likeness (QED) is 0.374. The molecule has 228 valence electrons. The summed E-state index contributed by atoms with van der Waals surface area (Å²) in [6, 6.07) is 15.6. The number of carbonyl (C=O) groups excluding carboxylic acids is 2. The number of thioether (sulfide) groups is 1. The number of aliphatic hydroxyl groups excluding tert-OH is 1. The van der Waals surface area contributed by atoms with Crippen molar-refractivity contribution in [2.24, 2.45) is 22.7 Å². The lowest BCUT2D eigenvalue weighted by Gasteiger charge is -2.63. The topological polar surface area (TPSA) is 125 Å². The number of ether oxygens (including phenoxy) is 1. The number of nitriles is 1. The molecular weight excluding hydrogens is 581 g/mol. The molecule has 0 bridgehead atoms. The van der Waals surface area contributed by atoms with Crippen molar-refractivity contribution in [2.75, 3.05) is 5.75 Å². The number of aromatic carboxylic acids is 1. The first-order chi connectivity index (χ1) is 20.9. The molecule has 7 atom stereocenters. The largest absolute Gasteiger partial charge is 0.478 e. The van der Waals surface area contributed by atoms with Crippen molar-refractivity contribution in [2.45, 2.75) is 63.1 Å². The zero-order chi connectivity index (χ0) is 31.5. The average Bonchev–Trinajstić information content (AvgIpc) is 3.30. The van der Waals surface area contributed by atoms with Gasteiger partial charge in [-0.25, -0.2) is 9.18 Å². The van der Waals surface area contributed by atoms with Gasteiger partial charge in [0.15, 0.2) is 11.5 Å². The number of halogens is 1. The molecule has 4 aliphatic carbocycles. The first kappa shape index (κ1) is 30.3. The molecule has 6 rings (SSSR count). The number of hydrogen-bond acceptors (Lipinski definition) is 7. The number of fused-ring (bicyclic) bond motifs is 5. The summed E-state index contributed by atoms with van der Waals surface area (Å²) >= 11 is 0.832. The van der Waals surface area contributed by atoms with E-state index in [4.69, 9.17) is 4.74 Å². The third kappa shape index (κ3) is 4.14. The highest BCUT2D eigenvalue weighted by atomic mass is 32.2. The molecular formula is C35H34FNO6S. The maximum Gasteiger partial charge on any atom is 0.336 e. The molecule has 44 heavy (non-hydrogen) atoms. The number of rotatable bonds is 6. The maximum atomic E-state index is 17.7. The molecule has 3 unspecified atom stereocenters. The molecule has 0 aromatic heterocycles. The number of nitrogens with zero attached hydrogens (tertiary/aromatic N) is 1. The molecule has 7 nitrogen and oxygen atoms in total. The summed E-state index contributed by atoms with van der Waals surface area (Å²) in [7, 11) is 0. The SMILES string of the molecule is C[C@]12C=CC(=O)C=C1CCC1C3CC[C@@](C(=O)SCC#N)(c4cc(Oc5ccccc5)ccc4C(=O)O)[C@@]3(C)C[C@H](O)C12F. The highest BCUT2D eigenvalue weighted by molar-refractivity contribution is 8.14. The molecule has 2 N–H and O–H groups in total. The number of benzene rings is 2. The van der Waals surface area contributed by atoms with Crippen LogP contribution in [0.5, 0.6) is 11.5 Å². The standard InChI is InChI=1S/C35H34FNO6S/c1-32-14-12-22(38)18-21(32)8-11-27-26-13-15-34(31(42)44-17-16-37,33(26,2)20-29(39)35(27,32)36)28-19-24(9-10-25(28)30(40)41)43-23-6-4-3-5-7-23/h3-7,9-10,12,14,18-19,26-27,29,39H,8,11,13,15,17,20H2,1-2H3,(H,40,41)/t26?,27?,29-,32-,33-,34-,35?/m0/s1. The molecule has 2 aromatic rings. The van der Waals surface area contributed by atoms with Crippen LogP contribution in [0.2, 0.25) is 0 Å². The van der Waals surface area contributed by atoms with Gasteiger partial charge in [-0.05, 0) is 98.4 Å². The first-order valence-corrected chi connectivity index (χ1v) is 15.9. The van der Waals surface area contributed by atoms with Gasteiger partial charge in [-0.1, -0.05) is 48.5 Å². The van der Waals surface area contributed by atoms with Gasteiger partial charge in [0, 0.05) is 11.3 Å². The molecule has 4 aliphatic rings. The van der Waals surface area contributed by atoms with Crippen molar-refractivity contribution in [3.8, 4) is 17.6 Å². The van der Waals surface area contributed by atoms with Crippen LogP contribution in [0.25, 0.3) is 0 Å². The van der Waals surface area contributed by atoms with Crippen LogP contribution in [0, 0.1) is 34.0 Å². The van der Waals surface area contributed by atoms with Crippen LogP contribution in [-0.2, 0) is 15.0 Å². The lowest BCUT2D eigenvalue weighted by Crippen LogP contribution is -2.68. The molecule has 2 aromatic carbocycles. The predicted octanol–water partition coefficient (Wildman–Crippen LogP) is 6.57. The third-order valence-corrected chi connectivity index (χ3v) is 12.0. The van der Waals surface area contributed by atoms with E-state index in [1.54, 1.807) is 37.3 Å². The normalized spacial score (nSPS) is 35.5. The Kier molecular flexibility index (Phi) is 7.37. The van der Waals surface area contributed by atoms with Crippen LogP contribution < -0.4 is 4.74 Å². The Labute approximate surface area is 259 Å². The van der Waals surface area contributed by atoms with Gasteiger partial charge >= 0.3 is 5.97 Å². The van der Waals surface area contributed by atoms with Gasteiger partial charge in [-0.2, -0.15) is 5.26 Å².